The van der Waals surface area contributed by atoms with Crippen LogP contribution in [0.5, 0.6) is 0 Å². The molecule has 0 amide bonds. The lowest BCUT2D eigenvalue weighted by Gasteiger charge is -2.32. The number of carbonyl (C=O) groups is 2. The smallest absolute Gasteiger partial charge is 0.324 e. The summed E-state index contributed by atoms with van der Waals surface area (Å²) >= 11 is 0. The Morgan fingerprint density at radius 2 is 1.75 bits per heavy atom. The predicted molar refractivity (Wildman–Crippen MR) is 93.3 cm³/mol. The summed E-state index contributed by atoms with van der Waals surface area (Å²) in [6.07, 6.45) is 1.94. The van der Waals surface area contributed by atoms with Crippen molar-refractivity contribution >= 4 is 17.5 Å². The van der Waals surface area contributed by atoms with Crippen LogP contribution in [-0.2, 0) is 19.1 Å². The van der Waals surface area contributed by atoms with Crippen LogP contribution in [0, 0.1) is 18.3 Å². The molecule has 1 aliphatic carbocycles. The summed E-state index contributed by atoms with van der Waals surface area (Å²) in [5.74, 6) is -1.27. The molecule has 0 bridgehead atoms. The molecule has 1 fully saturated rings. The van der Waals surface area contributed by atoms with Gasteiger partial charge in [-0.1, -0.05) is 37.3 Å². The van der Waals surface area contributed by atoms with Gasteiger partial charge < -0.3 is 9.47 Å². The van der Waals surface area contributed by atoms with E-state index in [1.165, 1.54) is 0 Å². The van der Waals surface area contributed by atoms with Gasteiger partial charge in [-0.25, -0.2) is 0 Å². The van der Waals surface area contributed by atoms with Crippen molar-refractivity contribution in [2.75, 3.05) is 13.2 Å². The fourth-order valence-electron chi connectivity index (χ4n) is 3.69. The maximum absolute atomic E-state index is 12.8. The molecular formula is C20H26O4. The standard InChI is InChI=1S/C20H26O4/c1-5-23-18(21)20(19(22)24-6-2)13-9-12-17(20)15(4)16-11-8-7-10-14(16)3/h7-8,10-11,17H,4-6,9,12-13H2,1-3H3. The Hall–Kier alpha value is -2.10. The molecule has 0 spiro atoms. The van der Waals surface area contributed by atoms with Gasteiger partial charge in [-0.15, -0.1) is 0 Å². The molecule has 1 atom stereocenters. The van der Waals surface area contributed by atoms with Crippen molar-refractivity contribution in [1.82, 2.24) is 0 Å². The summed E-state index contributed by atoms with van der Waals surface area (Å²) in [7, 11) is 0. The van der Waals surface area contributed by atoms with Crippen molar-refractivity contribution in [3.05, 3.63) is 42.0 Å². The molecule has 1 aromatic rings. The number of carbonyl (C=O) groups excluding carboxylic acids is 2. The lowest BCUT2D eigenvalue weighted by molar-refractivity contribution is -0.173. The quantitative estimate of drug-likeness (QED) is 0.586. The zero-order valence-corrected chi connectivity index (χ0v) is 14.8. The molecule has 0 saturated heterocycles. The lowest BCUT2D eigenvalue weighted by Crippen LogP contribution is -2.45. The van der Waals surface area contributed by atoms with E-state index in [0.717, 1.165) is 29.5 Å². The SMILES string of the molecule is C=C(c1ccccc1C)C1CCCC1(C(=O)OCC)C(=O)OCC. The van der Waals surface area contributed by atoms with E-state index in [9.17, 15) is 9.59 Å². The molecule has 1 saturated carbocycles. The Labute approximate surface area is 143 Å². The summed E-state index contributed by atoms with van der Waals surface area (Å²) in [6.45, 7) is 10.2. The van der Waals surface area contributed by atoms with Crippen molar-refractivity contribution in [2.45, 2.75) is 40.0 Å². The van der Waals surface area contributed by atoms with Crippen molar-refractivity contribution in [3.8, 4) is 0 Å². The average Bonchev–Trinajstić information content (AvgIpc) is 3.01. The third-order valence-corrected chi connectivity index (χ3v) is 4.85. The zero-order chi connectivity index (χ0) is 17.7. The number of allylic oxidation sites excluding steroid dienone is 1. The van der Waals surface area contributed by atoms with E-state index in [0.29, 0.717) is 6.42 Å². The molecule has 0 aliphatic heterocycles. The minimum atomic E-state index is -1.27. The molecule has 1 aliphatic rings. The first kappa shape index (κ1) is 18.2. The van der Waals surface area contributed by atoms with E-state index >= 15 is 0 Å². The van der Waals surface area contributed by atoms with Gasteiger partial charge in [0.25, 0.3) is 0 Å². The summed E-state index contributed by atoms with van der Waals surface area (Å²) in [5, 5.41) is 0. The predicted octanol–water partition coefficient (Wildman–Crippen LogP) is 3.92. The van der Waals surface area contributed by atoms with Gasteiger partial charge in [-0.05, 0) is 50.3 Å². The van der Waals surface area contributed by atoms with Gasteiger partial charge in [0.1, 0.15) is 0 Å². The van der Waals surface area contributed by atoms with Crippen LogP contribution in [-0.4, -0.2) is 25.2 Å². The maximum atomic E-state index is 12.8. The highest BCUT2D eigenvalue weighted by Gasteiger charge is 2.58. The van der Waals surface area contributed by atoms with Crippen molar-refractivity contribution in [3.63, 3.8) is 0 Å². The van der Waals surface area contributed by atoms with Crippen LogP contribution in [0.4, 0.5) is 0 Å². The van der Waals surface area contributed by atoms with Crippen LogP contribution < -0.4 is 0 Å². The summed E-state index contributed by atoms with van der Waals surface area (Å²) in [5.41, 5.74) is 1.61. The Morgan fingerprint density at radius 3 is 2.29 bits per heavy atom. The highest BCUT2D eigenvalue weighted by atomic mass is 16.6. The van der Waals surface area contributed by atoms with Crippen LogP contribution in [0.1, 0.15) is 44.2 Å². The van der Waals surface area contributed by atoms with Crippen LogP contribution in [0.2, 0.25) is 0 Å². The van der Waals surface area contributed by atoms with Gasteiger partial charge in [-0.3, -0.25) is 9.59 Å². The Morgan fingerprint density at radius 1 is 1.17 bits per heavy atom. The van der Waals surface area contributed by atoms with Gasteiger partial charge in [0, 0.05) is 5.92 Å². The molecule has 2 rings (SSSR count). The zero-order valence-electron chi connectivity index (χ0n) is 14.8. The number of hydrogen-bond acceptors (Lipinski definition) is 4. The molecule has 0 radical (unpaired) electrons. The molecule has 0 aromatic heterocycles. The molecule has 0 heterocycles. The van der Waals surface area contributed by atoms with E-state index in [1.807, 2.05) is 31.2 Å². The molecule has 130 valence electrons. The molecule has 24 heavy (non-hydrogen) atoms. The largest absolute Gasteiger partial charge is 0.465 e. The van der Waals surface area contributed by atoms with Crippen LogP contribution in [0.15, 0.2) is 30.8 Å². The number of esters is 2. The van der Waals surface area contributed by atoms with E-state index in [-0.39, 0.29) is 19.1 Å². The monoisotopic (exact) mass is 330 g/mol. The lowest BCUT2D eigenvalue weighted by atomic mass is 9.72. The first-order valence-corrected chi connectivity index (χ1v) is 8.58. The highest BCUT2D eigenvalue weighted by molar-refractivity contribution is 6.03. The van der Waals surface area contributed by atoms with Crippen LogP contribution in [0.3, 0.4) is 0 Å². The first-order valence-electron chi connectivity index (χ1n) is 8.58. The van der Waals surface area contributed by atoms with E-state index < -0.39 is 17.4 Å². The third-order valence-electron chi connectivity index (χ3n) is 4.85. The maximum Gasteiger partial charge on any atom is 0.324 e. The van der Waals surface area contributed by atoms with Crippen LogP contribution >= 0.6 is 0 Å². The number of hydrogen-bond donors (Lipinski definition) is 0. The molecule has 4 nitrogen and oxygen atoms in total. The average molecular weight is 330 g/mol. The second-order valence-electron chi connectivity index (χ2n) is 6.20. The molecule has 1 aromatic carbocycles. The third kappa shape index (κ3) is 3.10. The highest BCUT2D eigenvalue weighted by Crippen LogP contribution is 2.51. The van der Waals surface area contributed by atoms with Gasteiger partial charge >= 0.3 is 11.9 Å². The number of aryl methyl sites for hydroxylation is 1. The van der Waals surface area contributed by atoms with Crippen LogP contribution in [0.25, 0.3) is 5.57 Å². The van der Waals surface area contributed by atoms with Crippen molar-refractivity contribution < 1.29 is 19.1 Å². The second kappa shape index (κ2) is 7.65. The topological polar surface area (TPSA) is 52.6 Å². The summed E-state index contributed by atoms with van der Waals surface area (Å²) in [6, 6.07) is 7.90. The molecule has 0 N–H and O–H groups in total. The molecule has 4 heteroatoms. The van der Waals surface area contributed by atoms with E-state index in [2.05, 4.69) is 6.58 Å². The van der Waals surface area contributed by atoms with Crippen molar-refractivity contribution in [2.24, 2.45) is 11.3 Å². The molecule has 1 unspecified atom stereocenters. The fourth-order valence-corrected chi connectivity index (χ4v) is 3.69. The first-order chi connectivity index (χ1) is 11.5. The normalized spacial score (nSPS) is 18.9. The molecular weight excluding hydrogens is 304 g/mol. The van der Waals surface area contributed by atoms with Crippen molar-refractivity contribution in [1.29, 1.82) is 0 Å². The van der Waals surface area contributed by atoms with Gasteiger partial charge in [-0.2, -0.15) is 0 Å². The second-order valence-corrected chi connectivity index (χ2v) is 6.20. The fraction of sp³-hybridized carbons (Fsp3) is 0.500. The Balaban J connectivity index is 2.46. The van der Waals surface area contributed by atoms with Gasteiger partial charge in [0.15, 0.2) is 5.41 Å². The van der Waals surface area contributed by atoms with E-state index in [1.54, 1.807) is 13.8 Å². The minimum absolute atomic E-state index is 0.240. The summed E-state index contributed by atoms with van der Waals surface area (Å²) in [4.78, 5) is 25.5. The van der Waals surface area contributed by atoms with E-state index in [4.69, 9.17) is 9.47 Å². The Kier molecular flexibility index (Phi) is 5.81. The van der Waals surface area contributed by atoms with Gasteiger partial charge in [0.05, 0.1) is 13.2 Å². The Bertz CT molecular complexity index is 614. The number of benzene rings is 1. The minimum Gasteiger partial charge on any atom is -0.465 e. The van der Waals surface area contributed by atoms with Gasteiger partial charge in [0.2, 0.25) is 0 Å². The summed E-state index contributed by atoms with van der Waals surface area (Å²) < 4.78 is 10.5. The number of rotatable bonds is 6. The number of ether oxygens (including phenoxy) is 2.